The van der Waals surface area contributed by atoms with Gasteiger partial charge in [0.05, 0.1) is 28.6 Å². The van der Waals surface area contributed by atoms with Gasteiger partial charge in [-0.1, -0.05) is 23.2 Å². The summed E-state index contributed by atoms with van der Waals surface area (Å²) in [7, 11) is -2.56. The molecule has 150 valence electrons. The molecule has 0 aliphatic carbocycles. The number of nitrogens with one attached hydrogen (secondary N) is 1. The standard InChI is InChI=1S/C18H18Cl2N2O5S/c1-3-27-18(24)15-9-6-13(10-16(15)20)21-17(23)11-22(2)28(25,26)14-7-4-12(19)5-8-14/h4-10H,3,11H2,1-2H3,(H,21,23). The number of anilines is 1. The average Bonchev–Trinajstić information content (AvgIpc) is 2.62. The second kappa shape index (κ2) is 9.38. The third-order valence-corrected chi connectivity index (χ3v) is 6.02. The first-order chi connectivity index (χ1) is 13.1. The van der Waals surface area contributed by atoms with Crippen LogP contribution in [0.15, 0.2) is 47.4 Å². The quantitative estimate of drug-likeness (QED) is 0.660. The van der Waals surface area contributed by atoms with E-state index in [1.54, 1.807) is 6.92 Å². The van der Waals surface area contributed by atoms with Crippen LogP contribution in [0.4, 0.5) is 5.69 Å². The van der Waals surface area contributed by atoms with Crippen molar-refractivity contribution in [2.75, 3.05) is 25.5 Å². The third-order valence-electron chi connectivity index (χ3n) is 3.64. The molecule has 0 radical (unpaired) electrons. The van der Waals surface area contributed by atoms with E-state index in [-0.39, 0.29) is 22.1 Å². The fraction of sp³-hybridized carbons (Fsp3) is 0.222. The van der Waals surface area contributed by atoms with Gasteiger partial charge in [-0.15, -0.1) is 0 Å². The predicted molar refractivity (Wildman–Crippen MR) is 107 cm³/mol. The number of halogens is 2. The number of nitrogens with zero attached hydrogens (tertiary/aromatic N) is 1. The van der Waals surface area contributed by atoms with Gasteiger partial charge >= 0.3 is 5.97 Å². The molecule has 0 saturated heterocycles. The van der Waals surface area contributed by atoms with E-state index in [9.17, 15) is 18.0 Å². The zero-order valence-corrected chi connectivity index (χ0v) is 17.4. The van der Waals surface area contributed by atoms with Crippen molar-refractivity contribution in [1.82, 2.24) is 4.31 Å². The van der Waals surface area contributed by atoms with E-state index in [1.165, 1.54) is 49.5 Å². The van der Waals surface area contributed by atoms with Gasteiger partial charge in [0.2, 0.25) is 15.9 Å². The highest BCUT2D eigenvalue weighted by Gasteiger charge is 2.23. The van der Waals surface area contributed by atoms with Gasteiger partial charge in [-0.05, 0) is 49.4 Å². The van der Waals surface area contributed by atoms with E-state index in [2.05, 4.69) is 5.32 Å². The van der Waals surface area contributed by atoms with E-state index in [4.69, 9.17) is 27.9 Å². The van der Waals surface area contributed by atoms with Crippen molar-refractivity contribution in [2.45, 2.75) is 11.8 Å². The number of carbonyl (C=O) groups excluding carboxylic acids is 2. The largest absolute Gasteiger partial charge is 0.462 e. The molecule has 0 heterocycles. The van der Waals surface area contributed by atoms with Crippen LogP contribution in [0.25, 0.3) is 0 Å². The van der Waals surface area contributed by atoms with Crippen LogP contribution in [0.2, 0.25) is 10.0 Å². The minimum absolute atomic E-state index is 0.0223. The molecule has 0 aliphatic rings. The monoisotopic (exact) mass is 444 g/mol. The highest BCUT2D eigenvalue weighted by Crippen LogP contribution is 2.22. The zero-order valence-electron chi connectivity index (χ0n) is 15.1. The Bertz CT molecular complexity index is 978. The maximum Gasteiger partial charge on any atom is 0.339 e. The van der Waals surface area contributed by atoms with Crippen LogP contribution in [-0.2, 0) is 19.6 Å². The Kier molecular flexibility index (Phi) is 7.42. The summed E-state index contributed by atoms with van der Waals surface area (Å²) < 4.78 is 30.8. The second-order valence-electron chi connectivity index (χ2n) is 5.68. The van der Waals surface area contributed by atoms with Crippen LogP contribution in [-0.4, -0.2) is 44.8 Å². The number of carbonyl (C=O) groups is 2. The van der Waals surface area contributed by atoms with Crippen LogP contribution >= 0.6 is 23.2 Å². The maximum absolute atomic E-state index is 12.5. The molecule has 0 aliphatic heterocycles. The summed E-state index contributed by atoms with van der Waals surface area (Å²) in [5.74, 6) is -1.14. The summed E-state index contributed by atoms with van der Waals surface area (Å²) in [6.07, 6.45) is 0. The fourth-order valence-corrected chi connectivity index (χ4v) is 3.75. The Hall–Kier alpha value is -2.13. The Morgan fingerprint density at radius 2 is 1.75 bits per heavy atom. The lowest BCUT2D eigenvalue weighted by atomic mass is 10.2. The Morgan fingerprint density at radius 3 is 2.32 bits per heavy atom. The molecule has 0 unspecified atom stereocenters. The molecular formula is C18H18Cl2N2O5S. The number of benzene rings is 2. The predicted octanol–water partition coefficient (Wildman–Crippen LogP) is 3.43. The lowest BCUT2D eigenvalue weighted by molar-refractivity contribution is -0.116. The molecule has 1 amide bonds. The molecule has 7 nitrogen and oxygen atoms in total. The van der Waals surface area contributed by atoms with E-state index in [1.807, 2.05) is 0 Å². The third kappa shape index (κ3) is 5.45. The molecule has 0 spiro atoms. The number of sulfonamides is 1. The van der Waals surface area contributed by atoms with E-state index < -0.39 is 28.4 Å². The first kappa shape index (κ1) is 22.2. The van der Waals surface area contributed by atoms with Crippen molar-refractivity contribution in [3.8, 4) is 0 Å². The lowest BCUT2D eigenvalue weighted by Crippen LogP contribution is -2.34. The number of ether oxygens (including phenoxy) is 1. The Morgan fingerprint density at radius 1 is 1.11 bits per heavy atom. The van der Waals surface area contributed by atoms with Crippen molar-refractivity contribution in [3.63, 3.8) is 0 Å². The number of hydrogen-bond donors (Lipinski definition) is 1. The number of esters is 1. The summed E-state index contributed by atoms with van der Waals surface area (Å²) in [6, 6.07) is 9.91. The van der Waals surface area contributed by atoms with Gasteiger partial charge in [-0.3, -0.25) is 4.79 Å². The minimum atomic E-state index is -3.85. The van der Waals surface area contributed by atoms with Crippen LogP contribution in [0.1, 0.15) is 17.3 Å². The summed E-state index contributed by atoms with van der Waals surface area (Å²) in [4.78, 5) is 24.0. The summed E-state index contributed by atoms with van der Waals surface area (Å²) in [5, 5.41) is 3.06. The van der Waals surface area contributed by atoms with Gasteiger partial charge in [0, 0.05) is 17.8 Å². The molecule has 1 N–H and O–H groups in total. The zero-order chi connectivity index (χ0) is 20.9. The molecular weight excluding hydrogens is 427 g/mol. The summed E-state index contributed by atoms with van der Waals surface area (Å²) >= 11 is 11.8. The van der Waals surface area contributed by atoms with Gasteiger partial charge in [0.15, 0.2) is 0 Å². The minimum Gasteiger partial charge on any atom is -0.462 e. The summed E-state index contributed by atoms with van der Waals surface area (Å²) in [5.41, 5.74) is 0.490. The smallest absolute Gasteiger partial charge is 0.339 e. The van der Waals surface area contributed by atoms with Gasteiger partial charge in [-0.2, -0.15) is 4.31 Å². The van der Waals surface area contributed by atoms with E-state index in [0.29, 0.717) is 10.7 Å². The van der Waals surface area contributed by atoms with Gasteiger partial charge in [0.1, 0.15) is 0 Å². The van der Waals surface area contributed by atoms with Crippen molar-refractivity contribution in [1.29, 1.82) is 0 Å². The highest BCUT2D eigenvalue weighted by molar-refractivity contribution is 7.89. The molecule has 2 rings (SSSR count). The van der Waals surface area contributed by atoms with Crippen molar-refractivity contribution >= 4 is 50.8 Å². The second-order valence-corrected chi connectivity index (χ2v) is 8.57. The normalized spacial score (nSPS) is 11.3. The first-order valence-electron chi connectivity index (χ1n) is 8.13. The van der Waals surface area contributed by atoms with Crippen LogP contribution in [0.3, 0.4) is 0 Å². The van der Waals surface area contributed by atoms with Crippen molar-refractivity contribution < 1.29 is 22.7 Å². The van der Waals surface area contributed by atoms with Gasteiger partial charge in [-0.25, -0.2) is 13.2 Å². The number of likely N-dealkylation sites (N-methyl/N-ethyl adjacent to an activating group) is 1. The molecule has 2 aromatic rings. The molecule has 28 heavy (non-hydrogen) atoms. The number of amides is 1. The molecule has 0 atom stereocenters. The van der Waals surface area contributed by atoms with Crippen molar-refractivity contribution in [3.05, 3.63) is 58.1 Å². The number of hydrogen-bond acceptors (Lipinski definition) is 5. The molecule has 0 bridgehead atoms. The van der Waals surface area contributed by atoms with Crippen LogP contribution < -0.4 is 5.32 Å². The molecule has 0 aromatic heterocycles. The Labute approximate surface area is 173 Å². The SMILES string of the molecule is CCOC(=O)c1ccc(NC(=O)CN(C)S(=O)(=O)c2ccc(Cl)cc2)cc1Cl. The first-order valence-corrected chi connectivity index (χ1v) is 10.3. The maximum atomic E-state index is 12.5. The van der Waals surface area contributed by atoms with E-state index in [0.717, 1.165) is 4.31 Å². The summed E-state index contributed by atoms with van der Waals surface area (Å²) in [6.45, 7) is 1.47. The number of rotatable bonds is 7. The van der Waals surface area contributed by atoms with Gasteiger partial charge in [0.25, 0.3) is 0 Å². The Balaban J connectivity index is 2.06. The molecule has 2 aromatic carbocycles. The topological polar surface area (TPSA) is 92.8 Å². The molecule has 10 heteroatoms. The lowest BCUT2D eigenvalue weighted by Gasteiger charge is -2.17. The van der Waals surface area contributed by atoms with E-state index >= 15 is 0 Å². The van der Waals surface area contributed by atoms with Gasteiger partial charge < -0.3 is 10.1 Å². The highest BCUT2D eigenvalue weighted by atomic mass is 35.5. The molecule has 0 saturated carbocycles. The molecule has 0 fully saturated rings. The van der Waals surface area contributed by atoms with Crippen LogP contribution in [0, 0.1) is 0 Å². The fourth-order valence-electron chi connectivity index (χ4n) is 2.24. The van der Waals surface area contributed by atoms with Crippen molar-refractivity contribution in [2.24, 2.45) is 0 Å². The van der Waals surface area contributed by atoms with Crippen LogP contribution in [0.5, 0.6) is 0 Å². The average molecular weight is 445 g/mol.